The largest absolute Gasteiger partial charge is 0.466 e. The van der Waals surface area contributed by atoms with Crippen molar-refractivity contribution in [1.29, 1.82) is 0 Å². The summed E-state index contributed by atoms with van der Waals surface area (Å²) in [6, 6.07) is 4.55. The molecule has 0 bridgehead atoms. The van der Waals surface area contributed by atoms with Crippen LogP contribution in [0.1, 0.15) is 0 Å². The minimum absolute atomic E-state index is 0.0485. The number of nitrogens with one attached hydrogen (secondary N) is 2. The molecule has 2 aromatic rings. The van der Waals surface area contributed by atoms with Crippen molar-refractivity contribution in [2.75, 3.05) is 32.5 Å². The lowest BCUT2D eigenvalue weighted by atomic mass is 10.1. The van der Waals surface area contributed by atoms with Crippen LogP contribution in [0.5, 0.6) is 0 Å². The Bertz CT molecular complexity index is 1030. The van der Waals surface area contributed by atoms with Crippen molar-refractivity contribution in [2.24, 2.45) is 0 Å². The molecule has 0 saturated heterocycles. The normalized spacial score (nSPS) is 14.5. The number of H-pyrrole nitrogens is 2. The van der Waals surface area contributed by atoms with E-state index in [-0.39, 0.29) is 41.1 Å². The van der Waals surface area contributed by atoms with Gasteiger partial charge in [0.25, 0.3) is 11.1 Å². The van der Waals surface area contributed by atoms with Gasteiger partial charge in [0.05, 0.1) is 42.9 Å². The molecule has 136 valence electrons. The van der Waals surface area contributed by atoms with Crippen LogP contribution in [0.25, 0.3) is 10.8 Å². The SMILES string of the molecule is COC(=O)C1=C(C(=O)OC)N(c2cccc3c(=O)[nH][nH]c(=O)c23)COC1. The number of rotatable bonds is 3. The highest BCUT2D eigenvalue weighted by Crippen LogP contribution is 2.30. The number of esters is 2. The molecular weight excluding hydrogens is 346 g/mol. The van der Waals surface area contributed by atoms with Gasteiger partial charge in [-0.25, -0.2) is 9.59 Å². The highest BCUT2D eigenvalue weighted by Gasteiger charge is 2.33. The number of carbonyl (C=O) groups excluding carboxylic acids is 2. The minimum atomic E-state index is -0.799. The van der Waals surface area contributed by atoms with Crippen molar-refractivity contribution in [3.05, 3.63) is 50.2 Å². The molecule has 3 rings (SSSR count). The van der Waals surface area contributed by atoms with Gasteiger partial charge in [-0.1, -0.05) is 6.07 Å². The zero-order valence-electron chi connectivity index (χ0n) is 14.0. The number of benzene rings is 1. The molecule has 0 aliphatic carbocycles. The number of nitrogens with zero attached hydrogens (tertiary/aromatic N) is 1. The lowest BCUT2D eigenvalue weighted by Gasteiger charge is -2.31. The van der Waals surface area contributed by atoms with Crippen molar-refractivity contribution in [3.63, 3.8) is 0 Å². The first kappa shape index (κ1) is 17.4. The van der Waals surface area contributed by atoms with Crippen LogP contribution < -0.4 is 16.0 Å². The molecule has 26 heavy (non-hydrogen) atoms. The van der Waals surface area contributed by atoms with Gasteiger partial charge in [0.2, 0.25) is 0 Å². The van der Waals surface area contributed by atoms with Crippen LogP contribution in [-0.4, -0.2) is 49.7 Å². The Morgan fingerprint density at radius 3 is 2.46 bits per heavy atom. The van der Waals surface area contributed by atoms with Gasteiger partial charge in [-0.05, 0) is 12.1 Å². The predicted octanol–water partition coefficient (Wildman–Crippen LogP) is -0.389. The van der Waals surface area contributed by atoms with E-state index >= 15 is 0 Å². The average molecular weight is 361 g/mol. The number of aromatic amines is 2. The van der Waals surface area contributed by atoms with Crippen LogP contribution in [0.2, 0.25) is 0 Å². The number of hydrogen-bond acceptors (Lipinski definition) is 8. The molecule has 1 aromatic heterocycles. The van der Waals surface area contributed by atoms with Crippen molar-refractivity contribution in [2.45, 2.75) is 0 Å². The summed E-state index contributed by atoms with van der Waals surface area (Å²) in [4.78, 5) is 50.0. The van der Waals surface area contributed by atoms with Crippen LogP contribution in [0.3, 0.4) is 0 Å². The van der Waals surface area contributed by atoms with Gasteiger partial charge in [0, 0.05) is 0 Å². The predicted molar refractivity (Wildman–Crippen MR) is 89.5 cm³/mol. The standard InChI is InChI=1S/C16H15N3O7/c1-24-15(22)9-6-26-7-19(12(9)16(23)25-2)10-5-3-4-8-11(10)14(21)18-17-13(8)20/h3-5H,6-7H2,1-2H3,(H,17,20)(H,18,21). The summed E-state index contributed by atoms with van der Waals surface area (Å²) in [5.41, 5.74) is -1.02. The van der Waals surface area contributed by atoms with Gasteiger partial charge in [0.1, 0.15) is 12.4 Å². The van der Waals surface area contributed by atoms with Gasteiger partial charge in [-0.2, -0.15) is 0 Å². The first-order chi connectivity index (χ1) is 12.5. The van der Waals surface area contributed by atoms with Crippen LogP contribution >= 0.6 is 0 Å². The summed E-state index contributed by atoms with van der Waals surface area (Å²) in [6.07, 6.45) is 0. The Balaban J connectivity index is 2.32. The average Bonchev–Trinajstić information content (AvgIpc) is 2.68. The zero-order valence-corrected chi connectivity index (χ0v) is 14.0. The molecule has 0 fully saturated rings. The quantitative estimate of drug-likeness (QED) is 0.707. The van der Waals surface area contributed by atoms with Crippen LogP contribution in [0, 0.1) is 0 Å². The lowest BCUT2D eigenvalue weighted by Crippen LogP contribution is -2.39. The lowest BCUT2D eigenvalue weighted by molar-refractivity contribution is -0.140. The van der Waals surface area contributed by atoms with E-state index in [1.165, 1.54) is 31.3 Å². The summed E-state index contributed by atoms with van der Waals surface area (Å²) >= 11 is 0. The van der Waals surface area contributed by atoms with E-state index in [2.05, 4.69) is 10.2 Å². The maximum Gasteiger partial charge on any atom is 0.355 e. The van der Waals surface area contributed by atoms with Gasteiger partial charge >= 0.3 is 11.9 Å². The topological polar surface area (TPSA) is 131 Å². The van der Waals surface area contributed by atoms with E-state index in [1.54, 1.807) is 6.07 Å². The molecule has 10 heteroatoms. The molecule has 0 radical (unpaired) electrons. The van der Waals surface area contributed by atoms with Crippen molar-refractivity contribution >= 4 is 28.4 Å². The van der Waals surface area contributed by atoms with E-state index < -0.39 is 23.1 Å². The number of methoxy groups -OCH3 is 2. The number of fused-ring (bicyclic) bond motifs is 1. The summed E-state index contributed by atoms with van der Waals surface area (Å²) in [7, 11) is 2.34. The Morgan fingerprint density at radius 2 is 1.77 bits per heavy atom. The number of carbonyl (C=O) groups is 2. The maximum absolute atomic E-state index is 12.3. The Hall–Kier alpha value is -3.40. The van der Waals surface area contributed by atoms with Crippen molar-refractivity contribution in [3.8, 4) is 0 Å². The van der Waals surface area contributed by atoms with Gasteiger partial charge in [-0.3, -0.25) is 19.8 Å². The Morgan fingerprint density at radius 1 is 1.08 bits per heavy atom. The van der Waals surface area contributed by atoms with Crippen LogP contribution in [-0.2, 0) is 23.8 Å². The van der Waals surface area contributed by atoms with E-state index in [9.17, 15) is 19.2 Å². The second-order valence-corrected chi connectivity index (χ2v) is 5.32. The van der Waals surface area contributed by atoms with Gasteiger partial charge in [0.15, 0.2) is 0 Å². The number of ether oxygens (including phenoxy) is 3. The van der Waals surface area contributed by atoms with Crippen molar-refractivity contribution in [1.82, 2.24) is 10.2 Å². The second-order valence-electron chi connectivity index (χ2n) is 5.32. The molecule has 1 aliphatic rings. The molecule has 0 unspecified atom stereocenters. The molecule has 0 atom stereocenters. The van der Waals surface area contributed by atoms with Crippen LogP contribution in [0.4, 0.5) is 5.69 Å². The van der Waals surface area contributed by atoms with Gasteiger partial charge in [-0.15, -0.1) is 0 Å². The third-order valence-corrected chi connectivity index (χ3v) is 3.93. The molecule has 1 aliphatic heterocycles. The molecule has 2 heterocycles. The molecule has 0 saturated carbocycles. The summed E-state index contributed by atoms with van der Waals surface area (Å²) in [5.74, 6) is -1.56. The minimum Gasteiger partial charge on any atom is -0.466 e. The highest BCUT2D eigenvalue weighted by molar-refractivity contribution is 6.05. The molecule has 10 nitrogen and oxygen atoms in total. The molecule has 0 spiro atoms. The molecule has 0 amide bonds. The van der Waals surface area contributed by atoms with Gasteiger partial charge < -0.3 is 19.1 Å². The highest BCUT2D eigenvalue weighted by atomic mass is 16.5. The zero-order chi connectivity index (χ0) is 18.8. The number of anilines is 1. The summed E-state index contributed by atoms with van der Waals surface area (Å²) < 4.78 is 14.8. The van der Waals surface area contributed by atoms with E-state index in [0.29, 0.717) is 0 Å². The fourth-order valence-electron chi connectivity index (χ4n) is 2.77. The summed E-state index contributed by atoms with van der Waals surface area (Å²) in [5, 5.41) is 4.65. The molecule has 2 N–H and O–H groups in total. The Labute approximate surface area is 145 Å². The monoisotopic (exact) mass is 361 g/mol. The second kappa shape index (κ2) is 6.84. The van der Waals surface area contributed by atoms with E-state index in [1.807, 2.05) is 0 Å². The fraction of sp³-hybridized carbons (Fsp3) is 0.250. The van der Waals surface area contributed by atoms with E-state index in [0.717, 1.165) is 0 Å². The number of hydrogen-bond donors (Lipinski definition) is 2. The Kier molecular flexibility index (Phi) is 4.59. The van der Waals surface area contributed by atoms with Crippen LogP contribution in [0.15, 0.2) is 39.1 Å². The third kappa shape index (κ3) is 2.75. The fourth-order valence-corrected chi connectivity index (χ4v) is 2.77. The number of aromatic nitrogens is 2. The molecule has 1 aromatic carbocycles. The maximum atomic E-state index is 12.3. The summed E-state index contributed by atoms with van der Waals surface area (Å²) in [6.45, 7) is -0.286. The molecular formula is C16H15N3O7. The third-order valence-electron chi connectivity index (χ3n) is 3.93. The van der Waals surface area contributed by atoms with Crippen molar-refractivity contribution < 1.29 is 23.8 Å². The first-order valence-corrected chi connectivity index (χ1v) is 7.48. The first-order valence-electron chi connectivity index (χ1n) is 7.48. The smallest absolute Gasteiger partial charge is 0.355 e. The van der Waals surface area contributed by atoms with E-state index in [4.69, 9.17) is 14.2 Å².